The lowest BCUT2D eigenvalue weighted by atomic mass is 10.2. The molecule has 0 bridgehead atoms. The quantitative estimate of drug-likeness (QED) is 0.408. The molecule has 0 saturated carbocycles. The van der Waals surface area contributed by atoms with Gasteiger partial charge in [-0.05, 0) is 19.0 Å². The lowest BCUT2D eigenvalue weighted by molar-refractivity contribution is -0.385. The van der Waals surface area contributed by atoms with Gasteiger partial charge in [-0.2, -0.15) is 0 Å². The maximum atomic E-state index is 10.9. The van der Waals surface area contributed by atoms with E-state index in [1.54, 1.807) is 19.2 Å². The molecule has 1 aromatic rings. The zero-order chi connectivity index (χ0) is 14.8. The van der Waals surface area contributed by atoms with Crippen LogP contribution in [0.1, 0.15) is 12.0 Å². The molecule has 0 aromatic heterocycles. The van der Waals surface area contributed by atoms with E-state index in [9.17, 15) is 10.1 Å². The Morgan fingerprint density at radius 1 is 1.35 bits per heavy atom. The number of hydrogen-bond donors (Lipinski definition) is 1. The Morgan fingerprint density at radius 2 is 2.15 bits per heavy atom. The van der Waals surface area contributed by atoms with Crippen LogP contribution in [0, 0.1) is 10.1 Å². The van der Waals surface area contributed by atoms with Gasteiger partial charge in [-0.1, -0.05) is 17.7 Å². The topological polar surface area (TPSA) is 73.6 Å². The van der Waals surface area contributed by atoms with Gasteiger partial charge in [-0.3, -0.25) is 10.1 Å². The molecule has 0 spiro atoms. The number of benzene rings is 1. The second-order valence-electron chi connectivity index (χ2n) is 4.13. The number of nitro groups is 1. The highest BCUT2D eigenvalue weighted by atomic mass is 35.5. The van der Waals surface area contributed by atoms with Crippen LogP contribution in [0.25, 0.3) is 0 Å². The minimum atomic E-state index is -0.420. The number of nitrogens with zero attached hydrogens (tertiary/aromatic N) is 1. The molecule has 1 aromatic carbocycles. The summed E-state index contributed by atoms with van der Waals surface area (Å²) >= 11 is 5.99. The molecule has 0 atom stereocenters. The van der Waals surface area contributed by atoms with E-state index in [1.807, 2.05) is 0 Å². The Morgan fingerprint density at radius 3 is 2.85 bits per heavy atom. The fourth-order valence-corrected chi connectivity index (χ4v) is 1.89. The molecule has 6 nitrogen and oxygen atoms in total. The highest BCUT2D eigenvalue weighted by Crippen LogP contribution is 2.25. The Bertz CT molecular complexity index is 429. The van der Waals surface area contributed by atoms with Crippen LogP contribution in [0.5, 0.6) is 0 Å². The summed E-state index contributed by atoms with van der Waals surface area (Å²) in [5.74, 6) is 0. The van der Waals surface area contributed by atoms with Gasteiger partial charge < -0.3 is 14.8 Å². The summed E-state index contributed by atoms with van der Waals surface area (Å²) in [6.07, 6.45) is 0.821. The number of rotatable bonds is 10. The van der Waals surface area contributed by atoms with Gasteiger partial charge in [0.05, 0.1) is 28.7 Å². The molecule has 20 heavy (non-hydrogen) atoms. The van der Waals surface area contributed by atoms with Crippen LogP contribution in [0.2, 0.25) is 5.02 Å². The van der Waals surface area contributed by atoms with Gasteiger partial charge in [0, 0.05) is 26.3 Å². The summed E-state index contributed by atoms with van der Waals surface area (Å²) in [5.41, 5.74) is 0.556. The lowest BCUT2D eigenvalue weighted by Crippen LogP contribution is -2.18. The molecule has 0 saturated heterocycles. The Labute approximate surface area is 123 Å². The predicted molar refractivity (Wildman–Crippen MR) is 77.1 cm³/mol. The van der Waals surface area contributed by atoms with Crippen molar-refractivity contribution < 1.29 is 14.4 Å². The first-order chi connectivity index (χ1) is 9.66. The second kappa shape index (κ2) is 9.66. The Kier molecular flexibility index (Phi) is 8.13. The molecule has 7 heteroatoms. The molecule has 0 radical (unpaired) electrons. The molecular formula is C13H19ClN2O4. The molecule has 0 aliphatic carbocycles. The van der Waals surface area contributed by atoms with E-state index in [0.717, 1.165) is 6.42 Å². The summed E-state index contributed by atoms with van der Waals surface area (Å²) in [7, 11) is 1.63. The maximum Gasteiger partial charge on any atom is 0.275 e. The van der Waals surface area contributed by atoms with E-state index in [4.69, 9.17) is 21.1 Å². The van der Waals surface area contributed by atoms with Crippen LogP contribution < -0.4 is 5.32 Å². The molecule has 1 rings (SSSR count). The molecule has 0 unspecified atom stereocenters. The van der Waals surface area contributed by atoms with Gasteiger partial charge in [0.2, 0.25) is 0 Å². The highest BCUT2D eigenvalue weighted by Gasteiger charge is 2.15. The van der Waals surface area contributed by atoms with Crippen molar-refractivity contribution in [2.45, 2.75) is 13.0 Å². The van der Waals surface area contributed by atoms with E-state index >= 15 is 0 Å². The Balaban J connectivity index is 2.30. The average Bonchev–Trinajstić information content (AvgIpc) is 2.43. The van der Waals surface area contributed by atoms with Gasteiger partial charge in [-0.25, -0.2) is 0 Å². The molecule has 0 heterocycles. The van der Waals surface area contributed by atoms with Crippen LogP contribution in [0.15, 0.2) is 18.2 Å². The number of ether oxygens (including phenoxy) is 2. The summed E-state index contributed by atoms with van der Waals surface area (Å²) in [6.45, 7) is 2.86. The van der Waals surface area contributed by atoms with Crippen molar-refractivity contribution in [3.63, 3.8) is 0 Å². The number of halogens is 1. The van der Waals surface area contributed by atoms with Crippen LogP contribution in [-0.2, 0) is 16.0 Å². The van der Waals surface area contributed by atoms with E-state index < -0.39 is 4.92 Å². The van der Waals surface area contributed by atoms with E-state index in [-0.39, 0.29) is 5.69 Å². The summed E-state index contributed by atoms with van der Waals surface area (Å²) in [6, 6.07) is 4.68. The first kappa shape index (κ1) is 16.8. The first-order valence-corrected chi connectivity index (χ1v) is 6.73. The predicted octanol–water partition coefficient (Wildman–Crippen LogP) is 2.39. The average molecular weight is 303 g/mol. The van der Waals surface area contributed by atoms with Crippen molar-refractivity contribution in [3.05, 3.63) is 38.9 Å². The van der Waals surface area contributed by atoms with Gasteiger partial charge in [0.25, 0.3) is 5.69 Å². The zero-order valence-corrected chi connectivity index (χ0v) is 12.2. The van der Waals surface area contributed by atoms with Crippen LogP contribution >= 0.6 is 11.6 Å². The lowest BCUT2D eigenvalue weighted by Gasteiger charge is -2.08. The molecule has 1 N–H and O–H groups in total. The number of methoxy groups -OCH3 is 1. The van der Waals surface area contributed by atoms with Crippen molar-refractivity contribution in [2.24, 2.45) is 0 Å². The normalized spacial score (nSPS) is 10.7. The van der Waals surface area contributed by atoms with Gasteiger partial charge in [0.1, 0.15) is 0 Å². The molecule has 0 aliphatic heterocycles. The van der Waals surface area contributed by atoms with Crippen LogP contribution in [0.3, 0.4) is 0 Å². The summed E-state index contributed by atoms with van der Waals surface area (Å²) < 4.78 is 10.2. The SMILES string of the molecule is COCCOCCCNCc1c(Cl)cccc1[N+](=O)[O-]. The monoisotopic (exact) mass is 302 g/mol. The fraction of sp³-hybridized carbons (Fsp3) is 0.538. The smallest absolute Gasteiger partial charge is 0.275 e. The third-order valence-electron chi connectivity index (χ3n) is 2.67. The van der Waals surface area contributed by atoms with Gasteiger partial charge in [-0.15, -0.1) is 0 Å². The summed E-state index contributed by atoms with van der Waals surface area (Å²) in [5, 5.41) is 14.4. The minimum Gasteiger partial charge on any atom is -0.382 e. The largest absolute Gasteiger partial charge is 0.382 e. The second-order valence-corrected chi connectivity index (χ2v) is 4.54. The standard InChI is InChI=1S/C13H19ClN2O4/c1-19-8-9-20-7-3-6-15-10-11-12(14)4-2-5-13(11)16(17)18/h2,4-5,15H,3,6-10H2,1H3. The van der Waals surface area contributed by atoms with E-state index in [1.165, 1.54) is 6.07 Å². The number of nitro benzene ring substituents is 1. The Hall–Kier alpha value is -1.21. The van der Waals surface area contributed by atoms with Crippen molar-refractivity contribution in [1.29, 1.82) is 0 Å². The molecule has 0 aliphatic rings. The van der Waals surface area contributed by atoms with Gasteiger partial charge in [0.15, 0.2) is 0 Å². The van der Waals surface area contributed by atoms with Crippen molar-refractivity contribution in [2.75, 3.05) is 33.5 Å². The molecule has 112 valence electrons. The number of nitrogens with one attached hydrogen (secondary N) is 1. The third kappa shape index (κ3) is 5.83. The van der Waals surface area contributed by atoms with Crippen molar-refractivity contribution >= 4 is 17.3 Å². The maximum absolute atomic E-state index is 10.9. The minimum absolute atomic E-state index is 0.0429. The zero-order valence-electron chi connectivity index (χ0n) is 11.4. The number of hydrogen-bond acceptors (Lipinski definition) is 5. The molecule has 0 amide bonds. The first-order valence-electron chi connectivity index (χ1n) is 6.36. The van der Waals surface area contributed by atoms with E-state index in [2.05, 4.69) is 5.32 Å². The van der Waals surface area contributed by atoms with Crippen molar-refractivity contribution in [3.8, 4) is 0 Å². The fourth-order valence-electron chi connectivity index (χ4n) is 1.65. The highest BCUT2D eigenvalue weighted by molar-refractivity contribution is 6.31. The molecular weight excluding hydrogens is 284 g/mol. The third-order valence-corrected chi connectivity index (χ3v) is 3.02. The van der Waals surface area contributed by atoms with Crippen LogP contribution in [-0.4, -0.2) is 38.4 Å². The van der Waals surface area contributed by atoms with Gasteiger partial charge >= 0.3 is 0 Å². The van der Waals surface area contributed by atoms with Crippen LogP contribution in [0.4, 0.5) is 5.69 Å². The van der Waals surface area contributed by atoms with E-state index in [0.29, 0.717) is 43.5 Å². The summed E-state index contributed by atoms with van der Waals surface area (Å²) in [4.78, 5) is 10.5. The molecule has 0 fully saturated rings. The van der Waals surface area contributed by atoms with Crippen molar-refractivity contribution in [1.82, 2.24) is 5.32 Å².